The van der Waals surface area contributed by atoms with Crippen LogP contribution in [0.3, 0.4) is 0 Å². The van der Waals surface area contributed by atoms with Crippen LogP contribution in [0.4, 0.5) is 13.2 Å². The van der Waals surface area contributed by atoms with Gasteiger partial charge in [0.25, 0.3) is 0 Å². The number of alkyl halides is 3. The molecular weight excluding hydrogens is 285 g/mol. The summed E-state index contributed by atoms with van der Waals surface area (Å²) in [5.74, 6) is -1.03. The molecule has 0 radical (unpaired) electrons. The van der Waals surface area contributed by atoms with E-state index >= 15 is 0 Å². The van der Waals surface area contributed by atoms with Crippen molar-refractivity contribution in [1.29, 1.82) is 0 Å². The highest BCUT2D eigenvalue weighted by Crippen LogP contribution is 2.35. The van der Waals surface area contributed by atoms with Gasteiger partial charge in [0.05, 0.1) is 24.1 Å². The van der Waals surface area contributed by atoms with Crippen LogP contribution in [-0.2, 0) is 15.7 Å². The van der Waals surface area contributed by atoms with Crippen LogP contribution in [0, 0.1) is 0 Å². The first-order valence-electron chi connectivity index (χ1n) is 5.22. The van der Waals surface area contributed by atoms with E-state index in [-0.39, 0.29) is 18.4 Å². The summed E-state index contributed by atoms with van der Waals surface area (Å²) >= 11 is 5.48. The molecule has 1 aromatic carbocycles. The number of benzene rings is 1. The van der Waals surface area contributed by atoms with Gasteiger partial charge < -0.3 is 4.74 Å². The molecule has 1 aromatic rings. The Bertz CT molecular complexity index is 497. The topological polar surface area (TPSA) is 43.4 Å². The largest absolute Gasteiger partial charge is 0.469 e. The molecule has 0 saturated carbocycles. The van der Waals surface area contributed by atoms with E-state index < -0.39 is 28.5 Å². The van der Waals surface area contributed by atoms with Crippen LogP contribution in [0.15, 0.2) is 18.2 Å². The number of carbonyl (C=O) groups is 2. The van der Waals surface area contributed by atoms with E-state index in [0.29, 0.717) is 0 Å². The highest BCUT2D eigenvalue weighted by atomic mass is 35.5. The van der Waals surface area contributed by atoms with Crippen molar-refractivity contribution in [1.82, 2.24) is 0 Å². The number of rotatable bonds is 4. The smallest absolute Gasteiger partial charge is 0.417 e. The Kier molecular flexibility index (Phi) is 4.94. The van der Waals surface area contributed by atoms with Gasteiger partial charge in [0, 0.05) is 12.0 Å². The summed E-state index contributed by atoms with van der Waals surface area (Å²) in [4.78, 5) is 22.5. The van der Waals surface area contributed by atoms with Gasteiger partial charge in [0.15, 0.2) is 5.78 Å². The van der Waals surface area contributed by atoms with Gasteiger partial charge in [0.2, 0.25) is 0 Å². The van der Waals surface area contributed by atoms with Crippen molar-refractivity contribution in [3.8, 4) is 0 Å². The van der Waals surface area contributed by atoms with Gasteiger partial charge in [0.1, 0.15) is 0 Å². The number of carbonyl (C=O) groups excluding carboxylic acids is 2. The second kappa shape index (κ2) is 6.06. The highest BCUT2D eigenvalue weighted by molar-refractivity contribution is 6.31. The summed E-state index contributed by atoms with van der Waals surface area (Å²) in [5.41, 5.74) is -0.972. The molecule has 0 saturated heterocycles. The van der Waals surface area contributed by atoms with Crippen molar-refractivity contribution in [2.45, 2.75) is 19.0 Å². The molecule has 1 rings (SSSR count). The Labute approximate surface area is 112 Å². The molecule has 0 amide bonds. The third kappa shape index (κ3) is 4.24. The minimum Gasteiger partial charge on any atom is -0.469 e. The first-order valence-corrected chi connectivity index (χ1v) is 5.60. The molecule has 0 aliphatic heterocycles. The third-order valence-corrected chi connectivity index (χ3v) is 2.69. The maximum atomic E-state index is 12.5. The van der Waals surface area contributed by atoms with E-state index in [9.17, 15) is 22.8 Å². The van der Waals surface area contributed by atoms with E-state index in [1.165, 1.54) is 7.11 Å². The Morgan fingerprint density at radius 3 is 2.37 bits per heavy atom. The fourth-order valence-corrected chi connectivity index (χ4v) is 1.67. The highest BCUT2D eigenvalue weighted by Gasteiger charge is 2.33. The van der Waals surface area contributed by atoms with Crippen molar-refractivity contribution in [3.63, 3.8) is 0 Å². The molecule has 0 aliphatic carbocycles. The van der Waals surface area contributed by atoms with Gasteiger partial charge in [-0.3, -0.25) is 9.59 Å². The van der Waals surface area contributed by atoms with Crippen LogP contribution < -0.4 is 0 Å². The minimum atomic E-state index is -4.56. The van der Waals surface area contributed by atoms with Crippen molar-refractivity contribution < 1.29 is 27.5 Å². The molecular formula is C12H10ClF3O3. The maximum absolute atomic E-state index is 12.5. The molecule has 0 fully saturated rings. The number of ether oxygens (including phenoxy) is 1. The van der Waals surface area contributed by atoms with E-state index in [1.54, 1.807) is 0 Å². The average Bonchev–Trinajstić information content (AvgIpc) is 2.33. The van der Waals surface area contributed by atoms with Crippen LogP contribution in [0.1, 0.15) is 28.8 Å². The second-order valence-electron chi connectivity index (χ2n) is 3.69. The standard InChI is InChI=1S/C12H10ClF3O3/c1-19-11(18)5-4-10(17)7-2-3-8(9(13)6-7)12(14,15)16/h2-3,6H,4-5H2,1H3. The summed E-state index contributed by atoms with van der Waals surface area (Å²) in [6.07, 6.45) is -4.84. The summed E-state index contributed by atoms with van der Waals surface area (Å²) in [5, 5.41) is -0.545. The van der Waals surface area contributed by atoms with Gasteiger partial charge in [-0.05, 0) is 12.1 Å². The number of Topliss-reactive ketones (excluding diaryl/α,β-unsaturated/α-hetero) is 1. The van der Waals surface area contributed by atoms with E-state index in [2.05, 4.69) is 4.74 Å². The lowest BCUT2D eigenvalue weighted by Gasteiger charge is -2.09. The molecule has 19 heavy (non-hydrogen) atoms. The Morgan fingerprint density at radius 1 is 1.26 bits per heavy atom. The minimum absolute atomic E-state index is 0.0295. The Morgan fingerprint density at radius 2 is 1.89 bits per heavy atom. The molecule has 0 atom stereocenters. The fourth-order valence-electron chi connectivity index (χ4n) is 1.38. The van der Waals surface area contributed by atoms with Gasteiger partial charge in [-0.25, -0.2) is 0 Å². The van der Waals surface area contributed by atoms with Crippen LogP contribution in [-0.4, -0.2) is 18.9 Å². The fraction of sp³-hybridized carbons (Fsp3) is 0.333. The van der Waals surface area contributed by atoms with E-state index in [4.69, 9.17) is 11.6 Å². The lowest BCUT2D eigenvalue weighted by molar-refractivity contribution is -0.140. The van der Waals surface area contributed by atoms with Crippen LogP contribution in [0.25, 0.3) is 0 Å². The lowest BCUT2D eigenvalue weighted by Crippen LogP contribution is -2.09. The predicted molar refractivity (Wildman–Crippen MR) is 62.0 cm³/mol. The zero-order chi connectivity index (χ0) is 14.6. The summed E-state index contributed by atoms with van der Waals surface area (Å²) in [6, 6.07) is 2.73. The molecule has 104 valence electrons. The molecule has 0 N–H and O–H groups in total. The molecule has 0 spiro atoms. The molecule has 0 heterocycles. The van der Waals surface area contributed by atoms with Gasteiger partial charge in [-0.1, -0.05) is 17.7 Å². The van der Waals surface area contributed by atoms with E-state index in [1.807, 2.05) is 0 Å². The monoisotopic (exact) mass is 294 g/mol. The van der Waals surface area contributed by atoms with Crippen molar-refractivity contribution in [2.75, 3.05) is 7.11 Å². The average molecular weight is 295 g/mol. The van der Waals surface area contributed by atoms with Crippen LogP contribution in [0.5, 0.6) is 0 Å². The van der Waals surface area contributed by atoms with Crippen LogP contribution >= 0.6 is 11.6 Å². The zero-order valence-corrected chi connectivity index (χ0v) is 10.6. The molecule has 0 unspecified atom stereocenters. The molecule has 0 aromatic heterocycles. The number of hydrogen-bond donors (Lipinski definition) is 0. The van der Waals surface area contributed by atoms with Gasteiger partial charge in [-0.2, -0.15) is 13.2 Å². The predicted octanol–water partition coefficient (Wildman–Crippen LogP) is 3.49. The summed E-state index contributed by atoms with van der Waals surface area (Å²) in [7, 11) is 1.18. The number of ketones is 1. The van der Waals surface area contributed by atoms with E-state index in [0.717, 1.165) is 18.2 Å². The zero-order valence-electron chi connectivity index (χ0n) is 9.88. The van der Waals surface area contributed by atoms with Crippen molar-refractivity contribution in [2.24, 2.45) is 0 Å². The second-order valence-corrected chi connectivity index (χ2v) is 4.10. The number of esters is 1. The van der Waals surface area contributed by atoms with Gasteiger partial charge >= 0.3 is 12.1 Å². The molecule has 0 aliphatic rings. The maximum Gasteiger partial charge on any atom is 0.417 e. The third-order valence-electron chi connectivity index (χ3n) is 2.38. The summed E-state index contributed by atoms with van der Waals surface area (Å²) < 4.78 is 41.7. The normalized spacial score (nSPS) is 11.2. The first kappa shape index (κ1) is 15.5. The molecule has 7 heteroatoms. The molecule has 3 nitrogen and oxygen atoms in total. The quantitative estimate of drug-likeness (QED) is 0.630. The Hall–Kier alpha value is -1.56. The first-order chi connectivity index (χ1) is 8.75. The lowest BCUT2D eigenvalue weighted by atomic mass is 10.0. The van der Waals surface area contributed by atoms with Crippen molar-refractivity contribution in [3.05, 3.63) is 34.3 Å². The number of hydrogen-bond acceptors (Lipinski definition) is 3. The van der Waals surface area contributed by atoms with Crippen LogP contribution in [0.2, 0.25) is 5.02 Å². The number of methoxy groups -OCH3 is 1. The Balaban J connectivity index is 2.84. The summed E-state index contributed by atoms with van der Waals surface area (Å²) in [6.45, 7) is 0. The molecule has 0 bridgehead atoms. The SMILES string of the molecule is COC(=O)CCC(=O)c1ccc(C(F)(F)F)c(Cl)c1. The van der Waals surface area contributed by atoms with Gasteiger partial charge in [-0.15, -0.1) is 0 Å². The van der Waals surface area contributed by atoms with Crippen molar-refractivity contribution >= 4 is 23.4 Å². The number of halogens is 4.